The van der Waals surface area contributed by atoms with Crippen molar-refractivity contribution in [2.45, 2.75) is 38.0 Å². The summed E-state index contributed by atoms with van der Waals surface area (Å²) < 4.78 is 100.0. The van der Waals surface area contributed by atoms with E-state index in [2.05, 4.69) is 4.72 Å². The molecule has 0 aliphatic rings. The first-order valence-electron chi connectivity index (χ1n) is 8.11. The van der Waals surface area contributed by atoms with Crippen LogP contribution in [0, 0.1) is 5.92 Å². The third-order valence-electron chi connectivity index (χ3n) is 3.77. The molecule has 0 aliphatic heterocycles. The molecule has 0 aromatic carbocycles. The molecule has 2 N–H and O–H groups in total. The summed E-state index contributed by atoms with van der Waals surface area (Å²) >= 11 is 0. The van der Waals surface area contributed by atoms with E-state index in [9.17, 15) is 39.6 Å². The molecule has 0 fully saturated rings. The van der Waals surface area contributed by atoms with Crippen LogP contribution in [0.3, 0.4) is 0 Å². The van der Waals surface area contributed by atoms with Gasteiger partial charge in [0.05, 0.1) is 26.4 Å². The number of sulfonamides is 1. The molecule has 27 heavy (non-hydrogen) atoms. The number of carboxylic acid groups (broad SMARTS) is 1. The molecule has 0 amide bonds. The molecule has 6 nitrogen and oxygen atoms in total. The minimum absolute atomic E-state index is 0.00262. The van der Waals surface area contributed by atoms with E-state index < -0.39 is 52.9 Å². The van der Waals surface area contributed by atoms with Crippen molar-refractivity contribution in [3.05, 3.63) is 0 Å². The van der Waals surface area contributed by atoms with E-state index in [1.165, 1.54) is 0 Å². The van der Waals surface area contributed by atoms with Crippen molar-refractivity contribution in [3.63, 3.8) is 0 Å². The van der Waals surface area contributed by atoms with Gasteiger partial charge in [0.2, 0.25) is 10.0 Å². The maximum absolute atomic E-state index is 12.4. The number of alkyl halides is 6. The Kier molecular flexibility index (Phi) is 9.52. The topological polar surface area (TPSA) is 83.5 Å². The molecule has 0 heterocycles. The quantitative estimate of drug-likeness (QED) is 0.282. The lowest BCUT2D eigenvalue weighted by Crippen LogP contribution is -2.45. The van der Waals surface area contributed by atoms with Crippen LogP contribution >= 0.6 is 0 Å². The second kappa shape index (κ2) is 9.92. The first-order chi connectivity index (χ1) is 12.0. The average Bonchev–Trinajstić information content (AvgIpc) is 2.39. The van der Waals surface area contributed by atoms with E-state index in [-0.39, 0.29) is 24.0 Å². The molecule has 0 unspecified atom stereocenters. The molecule has 0 saturated carbocycles. The Morgan fingerprint density at radius 3 is 2.00 bits per heavy atom. The van der Waals surface area contributed by atoms with Crippen molar-refractivity contribution < 1.29 is 49.1 Å². The van der Waals surface area contributed by atoms with Gasteiger partial charge in [-0.2, -0.15) is 26.3 Å². The van der Waals surface area contributed by atoms with E-state index in [1.807, 2.05) is 0 Å². The summed E-state index contributed by atoms with van der Waals surface area (Å²) in [5.74, 6) is -5.05. The lowest BCUT2D eigenvalue weighted by atomic mass is 10.0. The number of hydrogen-bond acceptors (Lipinski definition) is 3. The molecular weight excluding hydrogens is 406 g/mol. The van der Waals surface area contributed by atoms with Gasteiger partial charge in [0.1, 0.15) is 0 Å². The fraction of sp³-hybridized carbons (Fsp3) is 0.929. The zero-order chi connectivity index (χ0) is 21.5. The lowest BCUT2D eigenvalue weighted by molar-refractivity contribution is -0.883. The van der Waals surface area contributed by atoms with Gasteiger partial charge in [-0.15, -0.1) is 0 Å². The van der Waals surface area contributed by atoms with E-state index in [0.717, 1.165) is 0 Å². The number of unbranched alkanes of at least 4 members (excludes halogenated alkanes) is 1. The summed E-state index contributed by atoms with van der Waals surface area (Å²) in [6.45, 7) is 0.220. The lowest BCUT2D eigenvalue weighted by Gasteiger charge is -2.27. The van der Waals surface area contributed by atoms with Crippen LogP contribution in [0.15, 0.2) is 0 Å². The van der Waals surface area contributed by atoms with Gasteiger partial charge < -0.3 is 9.59 Å². The van der Waals surface area contributed by atoms with Crippen LogP contribution in [0.5, 0.6) is 0 Å². The zero-order valence-corrected chi connectivity index (χ0v) is 15.8. The molecule has 0 aromatic heterocycles. The highest BCUT2D eigenvalue weighted by Gasteiger charge is 2.55. The van der Waals surface area contributed by atoms with Crippen LogP contribution in [0.25, 0.3) is 0 Å². The van der Waals surface area contributed by atoms with Crippen LogP contribution < -0.4 is 4.72 Å². The Morgan fingerprint density at radius 1 is 1.04 bits per heavy atom. The minimum Gasteiger partial charge on any atom is -0.477 e. The van der Waals surface area contributed by atoms with Gasteiger partial charge in [-0.3, -0.25) is 0 Å². The summed E-state index contributed by atoms with van der Waals surface area (Å²) in [5, 5.41) is 8.73. The smallest absolute Gasteiger partial charge is 0.400 e. The van der Waals surface area contributed by atoms with E-state index >= 15 is 0 Å². The predicted molar refractivity (Wildman–Crippen MR) is 85.3 cm³/mol. The highest BCUT2D eigenvalue weighted by Crippen LogP contribution is 2.42. The van der Waals surface area contributed by atoms with Crippen molar-refractivity contribution in [2.24, 2.45) is 5.92 Å². The van der Waals surface area contributed by atoms with Gasteiger partial charge in [-0.25, -0.2) is 17.9 Å². The predicted octanol–water partition coefficient (Wildman–Crippen LogP) is 2.37. The van der Waals surface area contributed by atoms with E-state index in [4.69, 9.17) is 5.11 Å². The van der Waals surface area contributed by atoms with Gasteiger partial charge in [0, 0.05) is 13.0 Å². The van der Waals surface area contributed by atoms with Gasteiger partial charge in [0.25, 0.3) is 0 Å². The number of nitrogens with zero attached hydrogens (tertiary/aromatic N) is 1. The number of likely N-dealkylation sites (N-methyl/N-ethyl adjacent to an activating group) is 1. The first kappa shape index (κ1) is 25.9. The summed E-state index contributed by atoms with van der Waals surface area (Å²) in [7, 11) is -0.521. The molecule has 0 radical (unpaired) electrons. The standard InChI is InChI=1S/C14H24F6N2O4S/c1-22(2,10-12(23)24)8-5-7-21-27(25,26)9-4-3-6-11(13(15,16)17)14(18,19)20/h11,21H,3-10H2,1-2H3/p+1. The normalized spacial score (nSPS) is 14.0. The zero-order valence-electron chi connectivity index (χ0n) is 15.0. The van der Waals surface area contributed by atoms with Gasteiger partial charge in [-0.05, 0) is 12.8 Å². The highest BCUT2D eigenvalue weighted by molar-refractivity contribution is 7.89. The number of rotatable bonds is 12. The van der Waals surface area contributed by atoms with Crippen LogP contribution in [0.1, 0.15) is 25.7 Å². The fourth-order valence-corrected chi connectivity index (χ4v) is 3.59. The molecule has 0 rings (SSSR count). The highest BCUT2D eigenvalue weighted by atomic mass is 32.2. The van der Waals surface area contributed by atoms with Crippen LogP contribution in [-0.4, -0.2) is 75.8 Å². The molecular formula is C14H25F6N2O4S+. The fourth-order valence-electron chi connectivity index (χ4n) is 2.41. The van der Waals surface area contributed by atoms with E-state index in [0.29, 0.717) is 13.0 Å². The molecule has 0 spiro atoms. The molecule has 0 aromatic rings. The molecule has 13 heteroatoms. The average molecular weight is 431 g/mol. The Balaban J connectivity index is 4.26. The maximum Gasteiger partial charge on any atom is 0.400 e. The van der Waals surface area contributed by atoms with Crippen molar-refractivity contribution in [1.82, 2.24) is 4.72 Å². The van der Waals surface area contributed by atoms with Gasteiger partial charge >= 0.3 is 18.3 Å². The maximum atomic E-state index is 12.4. The van der Waals surface area contributed by atoms with Crippen LogP contribution in [-0.2, 0) is 14.8 Å². The van der Waals surface area contributed by atoms with Gasteiger partial charge in [0.15, 0.2) is 12.5 Å². The summed E-state index contributed by atoms with van der Waals surface area (Å²) in [6.07, 6.45) is -12.6. The molecule has 0 aliphatic carbocycles. The minimum atomic E-state index is -5.42. The first-order valence-corrected chi connectivity index (χ1v) is 9.76. The number of quaternary nitrogens is 1. The van der Waals surface area contributed by atoms with E-state index in [1.54, 1.807) is 14.1 Å². The number of carboxylic acids is 1. The van der Waals surface area contributed by atoms with Crippen LogP contribution in [0.4, 0.5) is 26.3 Å². The summed E-state index contributed by atoms with van der Waals surface area (Å²) in [4.78, 5) is 10.7. The van der Waals surface area contributed by atoms with Crippen molar-refractivity contribution in [1.29, 1.82) is 0 Å². The largest absolute Gasteiger partial charge is 0.477 e. The van der Waals surface area contributed by atoms with Crippen molar-refractivity contribution in [2.75, 3.05) is 39.5 Å². The second-order valence-electron chi connectivity index (χ2n) is 6.91. The SMILES string of the molecule is C[N+](C)(CCCNS(=O)(=O)CCCCC(C(F)(F)F)C(F)(F)F)CC(=O)O. The number of hydrogen-bond donors (Lipinski definition) is 2. The van der Waals surface area contributed by atoms with Gasteiger partial charge in [-0.1, -0.05) is 6.42 Å². The Morgan fingerprint density at radius 2 is 1.56 bits per heavy atom. The molecule has 162 valence electrons. The summed E-state index contributed by atoms with van der Waals surface area (Å²) in [6, 6.07) is 0. The Labute approximate surface area is 154 Å². The van der Waals surface area contributed by atoms with Crippen LogP contribution in [0.2, 0.25) is 0 Å². The number of carbonyl (C=O) groups is 1. The second-order valence-corrected chi connectivity index (χ2v) is 8.84. The molecule has 0 saturated heterocycles. The Hall–Kier alpha value is -1.08. The third kappa shape index (κ3) is 12.1. The number of nitrogens with one attached hydrogen (secondary N) is 1. The summed E-state index contributed by atoms with van der Waals surface area (Å²) in [5.41, 5.74) is 0. The Bertz CT molecular complexity index is 561. The number of aliphatic carboxylic acids is 1. The molecule has 0 atom stereocenters. The van der Waals surface area contributed by atoms with Crippen molar-refractivity contribution >= 4 is 16.0 Å². The monoisotopic (exact) mass is 431 g/mol. The van der Waals surface area contributed by atoms with Crippen molar-refractivity contribution in [3.8, 4) is 0 Å². The third-order valence-corrected chi connectivity index (χ3v) is 5.24. The molecule has 0 bridgehead atoms. The number of halogens is 6.